The molecular weight excluding hydrogens is 426 g/mol. The quantitative estimate of drug-likeness (QED) is 0.430. The average molecular weight is 458 g/mol. The number of hydrogen-bond donors (Lipinski definition) is 2. The SMILES string of the molecule is COCCCN(Cc1nc2sc3c(c2c(=O)[nH]1)CCCC3)C[C@@H](O)COc1ccccc1. The fourth-order valence-electron chi connectivity index (χ4n) is 4.22. The summed E-state index contributed by atoms with van der Waals surface area (Å²) in [6, 6.07) is 9.47. The van der Waals surface area contributed by atoms with Gasteiger partial charge in [-0.25, -0.2) is 4.98 Å². The normalized spacial score (nSPS) is 14.6. The fourth-order valence-corrected chi connectivity index (χ4v) is 5.50. The molecule has 32 heavy (non-hydrogen) atoms. The van der Waals surface area contributed by atoms with Gasteiger partial charge in [-0.2, -0.15) is 0 Å². The summed E-state index contributed by atoms with van der Waals surface area (Å²) in [5, 5.41) is 11.3. The molecule has 172 valence electrons. The minimum Gasteiger partial charge on any atom is -0.491 e. The number of nitrogens with one attached hydrogen (secondary N) is 1. The number of ether oxygens (including phenoxy) is 2. The molecule has 2 N–H and O–H groups in total. The van der Waals surface area contributed by atoms with Crippen LogP contribution in [0.1, 0.15) is 35.5 Å². The van der Waals surface area contributed by atoms with E-state index in [-0.39, 0.29) is 12.2 Å². The largest absolute Gasteiger partial charge is 0.491 e. The highest BCUT2D eigenvalue weighted by atomic mass is 32.1. The van der Waals surface area contributed by atoms with Crippen molar-refractivity contribution in [2.45, 2.75) is 44.8 Å². The number of methoxy groups -OCH3 is 1. The molecule has 7 nitrogen and oxygen atoms in total. The second-order valence-electron chi connectivity index (χ2n) is 8.26. The standard InChI is InChI=1S/C24H31N3O4S/c1-30-13-7-12-27(14-17(28)16-31-18-8-3-2-4-9-18)15-21-25-23(29)22-19-10-5-6-11-20(19)32-24(22)26-21/h2-4,8-9,17,28H,5-7,10-16H2,1H3,(H,25,26,29)/t17-/m1/s1. The number of aliphatic hydroxyl groups is 1. The predicted molar refractivity (Wildman–Crippen MR) is 127 cm³/mol. The lowest BCUT2D eigenvalue weighted by atomic mass is 9.97. The molecule has 8 heteroatoms. The lowest BCUT2D eigenvalue weighted by molar-refractivity contribution is 0.0609. The topological polar surface area (TPSA) is 87.7 Å². The first-order chi connectivity index (χ1) is 15.6. The highest BCUT2D eigenvalue weighted by molar-refractivity contribution is 7.18. The van der Waals surface area contributed by atoms with Crippen molar-refractivity contribution in [1.82, 2.24) is 14.9 Å². The van der Waals surface area contributed by atoms with Gasteiger partial charge >= 0.3 is 0 Å². The van der Waals surface area contributed by atoms with Gasteiger partial charge in [0.1, 0.15) is 29.1 Å². The Hall–Kier alpha value is -2.26. The van der Waals surface area contributed by atoms with Gasteiger partial charge in [0.15, 0.2) is 0 Å². The Labute approximate surface area is 192 Å². The summed E-state index contributed by atoms with van der Waals surface area (Å²) in [6.45, 7) is 2.43. The molecule has 0 saturated heterocycles. The van der Waals surface area contributed by atoms with Gasteiger partial charge in [0.2, 0.25) is 0 Å². The van der Waals surface area contributed by atoms with Crippen molar-refractivity contribution >= 4 is 21.6 Å². The summed E-state index contributed by atoms with van der Waals surface area (Å²) in [6.07, 6.45) is 4.49. The number of rotatable bonds is 11. The van der Waals surface area contributed by atoms with E-state index in [9.17, 15) is 9.90 Å². The van der Waals surface area contributed by atoms with Crippen LogP contribution in [0.25, 0.3) is 10.2 Å². The van der Waals surface area contributed by atoms with Crippen LogP contribution >= 0.6 is 11.3 Å². The monoisotopic (exact) mass is 457 g/mol. The molecule has 1 aliphatic rings. The second kappa shape index (κ2) is 11.0. The first-order valence-corrected chi connectivity index (χ1v) is 12.1. The van der Waals surface area contributed by atoms with Gasteiger partial charge in [0, 0.05) is 31.7 Å². The first-order valence-electron chi connectivity index (χ1n) is 11.2. The maximum atomic E-state index is 12.9. The van der Waals surface area contributed by atoms with Crippen molar-refractivity contribution in [2.75, 3.05) is 33.4 Å². The number of benzene rings is 1. The van der Waals surface area contributed by atoms with Gasteiger partial charge in [-0.15, -0.1) is 11.3 Å². The Morgan fingerprint density at radius 3 is 2.88 bits per heavy atom. The zero-order chi connectivity index (χ0) is 22.3. The van der Waals surface area contributed by atoms with Crippen LogP contribution in [0.3, 0.4) is 0 Å². The minimum absolute atomic E-state index is 0.0470. The van der Waals surface area contributed by atoms with Crippen LogP contribution in [-0.4, -0.2) is 59.5 Å². The smallest absolute Gasteiger partial charge is 0.259 e. The molecular formula is C24H31N3O4S. The van der Waals surface area contributed by atoms with Crippen LogP contribution in [0.4, 0.5) is 0 Å². The van der Waals surface area contributed by atoms with Crippen LogP contribution in [0.5, 0.6) is 5.75 Å². The van der Waals surface area contributed by atoms with Gasteiger partial charge in [-0.05, 0) is 49.8 Å². The number of nitrogens with zero attached hydrogens (tertiary/aromatic N) is 2. The van der Waals surface area contributed by atoms with Crippen LogP contribution in [0.15, 0.2) is 35.1 Å². The molecule has 0 fully saturated rings. The Bertz CT molecular complexity index is 1070. The first kappa shape index (κ1) is 22.9. The highest BCUT2D eigenvalue weighted by Gasteiger charge is 2.21. The van der Waals surface area contributed by atoms with Crippen molar-refractivity contribution in [3.63, 3.8) is 0 Å². The lowest BCUT2D eigenvalue weighted by Gasteiger charge is -2.24. The van der Waals surface area contributed by atoms with E-state index < -0.39 is 6.10 Å². The number of H-pyrrole nitrogens is 1. The van der Waals surface area contributed by atoms with Crippen LogP contribution in [0.2, 0.25) is 0 Å². The van der Waals surface area contributed by atoms with Gasteiger partial charge < -0.3 is 19.6 Å². The Morgan fingerprint density at radius 2 is 2.06 bits per heavy atom. The van der Waals surface area contributed by atoms with E-state index in [0.29, 0.717) is 25.5 Å². The van der Waals surface area contributed by atoms with E-state index in [4.69, 9.17) is 14.5 Å². The van der Waals surface area contributed by atoms with E-state index in [1.807, 2.05) is 30.3 Å². The number of aromatic amines is 1. The zero-order valence-electron chi connectivity index (χ0n) is 18.5. The van der Waals surface area contributed by atoms with Gasteiger partial charge in [-0.3, -0.25) is 9.69 Å². The molecule has 0 amide bonds. The molecule has 0 unspecified atom stereocenters. The maximum absolute atomic E-state index is 12.9. The number of fused-ring (bicyclic) bond motifs is 3. The summed E-state index contributed by atoms with van der Waals surface area (Å²) in [7, 11) is 1.68. The van der Waals surface area contributed by atoms with Crippen LogP contribution in [0, 0.1) is 0 Å². The Morgan fingerprint density at radius 1 is 1.25 bits per heavy atom. The Kier molecular flexibility index (Phi) is 7.91. The third-order valence-electron chi connectivity index (χ3n) is 5.72. The minimum atomic E-state index is -0.665. The summed E-state index contributed by atoms with van der Waals surface area (Å²) in [4.78, 5) is 24.9. The third-order valence-corrected chi connectivity index (χ3v) is 6.91. The number of para-hydroxylation sites is 1. The molecule has 1 aliphatic carbocycles. The summed E-state index contributed by atoms with van der Waals surface area (Å²) in [5.41, 5.74) is 1.15. The average Bonchev–Trinajstić information content (AvgIpc) is 3.17. The van der Waals surface area contributed by atoms with Gasteiger partial charge in [0.25, 0.3) is 5.56 Å². The third kappa shape index (κ3) is 5.75. The van der Waals surface area contributed by atoms with Crippen LogP contribution in [-0.2, 0) is 24.1 Å². The molecule has 0 spiro atoms. The Balaban J connectivity index is 1.45. The van der Waals surface area contributed by atoms with Crippen LogP contribution < -0.4 is 10.3 Å². The lowest BCUT2D eigenvalue weighted by Crippen LogP contribution is -2.37. The second-order valence-corrected chi connectivity index (χ2v) is 9.35. The molecule has 0 aliphatic heterocycles. The number of hydrogen-bond acceptors (Lipinski definition) is 7. The molecule has 2 heterocycles. The number of aromatic nitrogens is 2. The van der Waals surface area contributed by atoms with Crippen molar-refractivity contribution in [2.24, 2.45) is 0 Å². The molecule has 3 aromatic rings. The van der Waals surface area contributed by atoms with E-state index in [2.05, 4.69) is 9.88 Å². The molecule has 1 atom stereocenters. The fraction of sp³-hybridized carbons (Fsp3) is 0.500. The summed E-state index contributed by atoms with van der Waals surface area (Å²) in [5.74, 6) is 1.37. The molecule has 0 saturated carbocycles. The maximum Gasteiger partial charge on any atom is 0.259 e. The number of aliphatic hydroxyl groups excluding tert-OH is 1. The van der Waals surface area contributed by atoms with Gasteiger partial charge in [-0.1, -0.05) is 18.2 Å². The molecule has 4 rings (SSSR count). The van der Waals surface area contributed by atoms with E-state index in [0.717, 1.165) is 48.2 Å². The molecule has 0 bridgehead atoms. The summed E-state index contributed by atoms with van der Waals surface area (Å²) < 4.78 is 10.9. The van der Waals surface area contributed by atoms with Gasteiger partial charge in [0.05, 0.1) is 11.9 Å². The van der Waals surface area contributed by atoms with Crippen molar-refractivity contribution < 1.29 is 14.6 Å². The van der Waals surface area contributed by atoms with Crippen molar-refractivity contribution in [3.05, 3.63) is 57.0 Å². The molecule has 1 aromatic carbocycles. The van der Waals surface area contributed by atoms with Crippen molar-refractivity contribution in [3.8, 4) is 5.75 Å². The zero-order valence-corrected chi connectivity index (χ0v) is 19.3. The summed E-state index contributed by atoms with van der Waals surface area (Å²) >= 11 is 1.66. The highest BCUT2D eigenvalue weighted by Crippen LogP contribution is 2.33. The van der Waals surface area contributed by atoms with E-state index in [1.165, 1.54) is 16.9 Å². The predicted octanol–water partition coefficient (Wildman–Crippen LogP) is 3.14. The number of aryl methyl sites for hydroxylation is 2. The van der Waals surface area contributed by atoms with Crippen molar-refractivity contribution in [1.29, 1.82) is 0 Å². The molecule has 2 aromatic heterocycles. The molecule has 0 radical (unpaired) electrons. The van der Waals surface area contributed by atoms with E-state index >= 15 is 0 Å². The van der Waals surface area contributed by atoms with E-state index in [1.54, 1.807) is 18.4 Å². The number of thiophene rings is 1.